The first-order chi connectivity index (χ1) is 9.81. The van der Waals surface area contributed by atoms with Gasteiger partial charge in [-0.25, -0.2) is 0 Å². The predicted molar refractivity (Wildman–Crippen MR) is 77.2 cm³/mol. The molecule has 0 aliphatic rings. The van der Waals surface area contributed by atoms with Crippen molar-refractivity contribution in [3.05, 3.63) is 35.9 Å². The van der Waals surface area contributed by atoms with E-state index in [1.807, 2.05) is 16.8 Å². The third kappa shape index (κ3) is 2.41. The molecule has 7 heteroatoms. The molecular formula is C13H15N5OS. The van der Waals surface area contributed by atoms with Crippen LogP contribution in [0.5, 0.6) is 0 Å². The van der Waals surface area contributed by atoms with Crippen molar-refractivity contribution < 1.29 is 4.42 Å². The smallest absolute Gasteiger partial charge is 0.277 e. The molecule has 0 aliphatic carbocycles. The molecule has 0 unspecified atom stereocenters. The zero-order valence-electron chi connectivity index (χ0n) is 11.1. The highest BCUT2D eigenvalue weighted by molar-refractivity contribution is 7.98. The number of hydrogen-bond acceptors (Lipinski definition) is 6. The van der Waals surface area contributed by atoms with Crippen LogP contribution in [0.15, 0.2) is 33.9 Å². The van der Waals surface area contributed by atoms with Gasteiger partial charge < -0.3 is 10.2 Å². The maximum Gasteiger partial charge on any atom is 0.277 e. The number of fused-ring (bicyclic) bond motifs is 1. The van der Waals surface area contributed by atoms with Crippen LogP contribution in [0, 0.1) is 0 Å². The van der Waals surface area contributed by atoms with E-state index in [1.54, 1.807) is 0 Å². The molecule has 0 bridgehead atoms. The van der Waals surface area contributed by atoms with Gasteiger partial charge in [-0.3, -0.25) is 4.68 Å². The minimum absolute atomic E-state index is 0.265. The molecule has 0 fully saturated rings. The third-order valence-corrected chi connectivity index (χ3v) is 3.82. The molecule has 20 heavy (non-hydrogen) atoms. The van der Waals surface area contributed by atoms with Gasteiger partial charge in [-0.05, 0) is 13.0 Å². The van der Waals surface area contributed by atoms with Gasteiger partial charge in [0, 0.05) is 17.7 Å². The highest BCUT2D eigenvalue weighted by Gasteiger charge is 2.11. The fourth-order valence-corrected chi connectivity index (χ4v) is 2.78. The molecule has 3 aromatic rings. The van der Waals surface area contributed by atoms with Crippen molar-refractivity contribution in [3.8, 4) is 0 Å². The Bertz CT molecular complexity index is 720. The van der Waals surface area contributed by atoms with E-state index in [2.05, 4.69) is 34.4 Å². The van der Waals surface area contributed by atoms with E-state index < -0.39 is 0 Å². The van der Waals surface area contributed by atoms with E-state index in [9.17, 15) is 0 Å². The first kappa shape index (κ1) is 13.1. The summed E-state index contributed by atoms with van der Waals surface area (Å²) in [7, 11) is 0. The van der Waals surface area contributed by atoms with Gasteiger partial charge in [0.15, 0.2) is 0 Å². The molecule has 1 aromatic carbocycles. The van der Waals surface area contributed by atoms with Gasteiger partial charge in [-0.2, -0.15) is 5.10 Å². The van der Waals surface area contributed by atoms with E-state index >= 15 is 0 Å². The average Bonchev–Trinajstić information content (AvgIpc) is 3.09. The van der Waals surface area contributed by atoms with Gasteiger partial charge in [0.1, 0.15) is 0 Å². The van der Waals surface area contributed by atoms with Gasteiger partial charge in [0.05, 0.1) is 17.8 Å². The first-order valence-corrected chi connectivity index (χ1v) is 7.40. The molecule has 0 radical (unpaired) electrons. The Balaban J connectivity index is 1.83. The van der Waals surface area contributed by atoms with Crippen molar-refractivity contribution in [3.63, 3.8) is 0 Å². The number of nitrogens with two attached hydrogens (primary N) is 1. The third-order valence-electron chi connectivity index (χ3n) is 2.99. The molecule has 2 N–H and O–H groups in total. The first-order valence-electron chi connectivity index (χ1n) is 6.41. The molecule has 0 aliphatic heterocycles. The molecule has 0 saturated heterocycles. The van der Waals surface area contributed by atoms with Crippen LogP contribution in [-0.4, -0.2) is 20.0 Å². The lowest BCUT2D eigenvalue weighted by Crippen LogP contribution is -1.96. The normalized spacial score (nSPS) is 11.3. The molecular weight excluding hydrogens is 274 g/mol. The predicted octanol–water partition coefficient (Wildman–Crippen LogP) is 2.19. The average molecular weight is 289 g/mol. The number of rotatable bonds is 5. The number of nitrogens with zero attached hydrogens (tertiary/aromatic N) is 4. The summed E-state index contributed by atoms with van der Waals surface area (Å²) in [6.07, 6.45) is 0. The number of aromatic nitrogens is 4. The second-order valence-electron chi connectivity index (χ2n) is 4.23. The summed E-state index contributed by atoms with van der Waals surface area (Å²) in [5.74, 6) is 1.15. The van der Waals surface area contributed by atoms with E-state index in [-0.39, 0.29) is 6.54 Å². The van der Waals surface area contributed by atoms with E-state index in [4.69, 9.17) is 10.2 Å². The fraction of sp³-hybridized carbons (Fsp3) is 0.308. The molecule has 6 nitrogen and oxygen atoms in total. The quantitative estimate of drug-likeness (QED) is 0.725. The maximum absolute atomic E-state index is 5.44. The largest absolute Gasteiger partial charge is 0.415 e. The number of aryl methyl sites for hydroxylation is 1. The van der Waals surface area contributed by atoms with Crippen LogP contribution in [0.4, 0.5) is 0 Å². The Labute approximate surface area is 120 Å². The van der Waals surface area contributed by atoms with Crippen molar-refractivity contribution in [1.29, 1.82) is 0 Å². The van der Waals surface area contributed by atoms with Crippen molar-refractivity contribution in [2.75, 3.05) is 0 Å². The van der Waals surface area contributed by atoms with Crippen LogP contribution in [0.1, 0.15) is 18.5 Å². The van der Waals surface area contributed by atoms with Crippen LogP contribution < -0.4 is 5.73 Å². The van der Waals surface area contributed by atoms with Crippen molar-refractivity contribution in [2.24, 2.45) is 5.73 Å². The van der Waals surface area contributed by atoms with Crippen molar-refractivity contribution >= 4 is 22.7 Å². The van der Waals surface area contributed by atoms with Gasteiger partial charge >= 0.3 is 0 Å². The zero-order valence-corrected chi connectivity index (χ0v) is 11.9. The monoisotopic (exact) mass is 289 g/mol. The molecule has 0 amide bonds. The summed E-state index contributed by atoms with van der Waals surface area (Å²) in [5.41, 5.74) is 7.62. The Kier molecular flexibility index (Phi) is 3.70. The number of thioether (sulfide) groups is 1. The minimum Gasteiger partial charge on any atom is -0.415 e. The molecule has 2 heterocycles. The molecule has 3 rings (SSSR count). The second-order valence-corrected chi connectivity index (χ2v) is 5.16. The minimum atomic E-state index is 0.265. The van der Waals surface area contributed by atoms with Crippen molar-refractivity contribution in [2.45, 2.75) is 31.0 Å². The molecule has 104 valence electrons. The summed E-state index contributed by atoms with van der Waals surface area (Å²) in [6.45, 7) is 3.20. The lowest BCUT2D eigenvalue weighted by Gasteiger charge is -1.95. The summed E-state index contributed by atoms with van der Waals surface area (Å²) < 4.78 is 7.39. The number of hydrogen-bond donors (Lipinski definition) is 1. The molecule has 0 atom stereocenters. The number of para-hydroxylation sites is 1. The van der Waals surface area contributed by atoms with E-state index in [0.29, 0.717) is 16.9 Å². The second kappa shape index (κ2) is 5.64. The Morgan fingerprint density at radius 1 is 1.30 bits per heavy atom. The van der Waals surface area contributed by atoms with Gasteiger partial charge in [0.25, 0.3) is 5.22 Å². The topological polar surface area (TPSA) is 82.8 Å². The van der Waals surface area contributed by atoms with E-state index in [0.717, 1.165) is 17.8 Å². The molecule has 2 aromatic heterocycles. The highest BCUT2D eigenvalue weighted by Crippen LogP contribution is 2.26. The summed E-state index contributed by atoms with van der Waals surface area (Å²) in [5, 5.41) is 14.1. The lowest BCUT2D eigenvalue weighted by molar-refractivity contribution is 0.414. The highest BCUT2D eigenvalue weighted by atomic mass is 32.2. The zero-order chi connectivity index (χ0) is 13.9. The van der Waals surface area contributed by atoms with Crippen LogP contribution in [-0.2, 0) is 18.8 Å². The number of benzene rings is 1. The Hall–Kier alpha value is -1.86. The maximum atomic E-state index is 5.44. The van der Waals surface area contributed by atoms with Gasteiger partial charge in [0.2, 0.25) is 5.89 Å². The van der Waals surface area contributed by atoms with Crippen LogP contribution >= 0.6 is 11.8 Å². The Morgan fingerprint density at radius 2 is 2.15 bits per heavy atom. The standard InChI is InChI=1S/C13H15N5OS/c1-2-18-11-6-4-3-5-9(11)10(17-18)8-20-13-16-15-12(7-14)19-13/h3-6H,2,7-8,14H2,1H3. The summed E-state index contributed by atoms with van der Waals surface area (Å²) >= 11 is 1.48. The SMILES string of the molecule is CCn1nc(CSc2nnc(CN)o2)c2ccccc21. The van der Waals surface area contributed by atoms with Crippen LogP contribution in [0.3, 0.4) is 0 Å². The summed E-state index contributed by atoms with van der Waals surface area (Å²) in [4.78, 5) is 0. The summed E-state index contributed by atoms with van der Waals surface area (Å²) in [6, 6.07) is 8.22. The molecule has 0 saturated carbocycles. The molecule has 0 spiro atoms. The fourth-order valence-electron chi connectivity index (χ4n) is 2.05. The van der Waals surface area contributed by atoms with Crippen molar-refractivity contribution in [1.82, 2.24) is 20.0 Å². The van der Waals surface area contributed by atoms with Gasteiger partial charge in [-0.15, -0.1) is 10.2 Å². The van der Waals surface area contributed by atoms with Gasteiger partial charge in [-0.1, -0.05) is 30.0 Å². The van der Waals surface area contributed by atoms with E-state index in [1.165, 1.54) is 17.1 Å². The lowest BCUT2D eigenvalue weighted by atomic mass is 10.2. The van der Waals surface area contributed by atoms with Crippen LogP contribution in [0.2, 0.25) is 0 Å². The Morgan fingerprint density at radius 3 is 2.90 bits per heavy atom. The van der Waals surface area contributed by atoms with Crippen LogP contribution in [0.25, 0.3) is 10.9 Å².